The lowest BCUT2D eigenvalue weighted by molar-refractivity contribution is 0.101. The van der Waals surface area contributed by atoms with E-state index < -0.39 is 31.5 Å². The summed E-state index contributed by atoms with van der Waals surface area (Å²) < 4.78 is 54.3. The maximum Gasteiger partial charge on any atom is 0.258 e. The van der Waals surface area contributed by atoms with Crippen LogP contribution in [0.15, 0.2) is 118 Å². The number of hydrogen-bond acceptors (Lipinski definition) is 11. The van der Waals surface area contributed by atoms with E-state index in [0.717, 1.165) is 23.6 Å². The molecule has 15 heteroatoms. The highest BCUT2D eigenvalue weighted by molar-refractivity contribution is 7.91. The molecule has 2 amide bonds. The molecule has 0 spiro atoms. The van der Waals surface area contributed by atoms with Gasteiger partial charge in [0.2, 0.25) is 0 Å². The standard InChI is InChI=1S/C34H26N4O7S4/c1-48(41,42)29-9-5-3-7-25(29)31(39)37-33-35-27(19-46-33)21-11-15-23(16-12-21)45-24-17-13-22(14-18-24)28-20-47-34(36-28)38-32(40)26-8-4-6-10-30(26)49(2,43)44/h3-20H,1-2H3,(H,35,37,39)(H,36,38,40). The molecule has 49 heavy (non-hydrogen) atoms. The first-order valence-corrected chi connectivity index (χ1v) is 19.9. The zero-order chi connectivity index (χ0) is 34.8. The van der Waals surface area contributed by atoms with Crippen molar-refractivity contribution in [3.8, 4) is 34.0 Å². The molecule has 2 heterocycles. The number of sulfone groups is 2. The molecule has 0 fully saturated rings. The molecule has 2 aromatic heterocycles. The molecule has 0 aliphatic carbocycles. The molecule has 248 valence electrons. The van der Waals surface area contributed by atoms with Crippen molar-refractivity contribution < 1.29 is 31.2 Å². The molecule has 4 aromatic carbocycles. The van der Waals surface area contributed by atoms with Crippen LogP contribution in [0, 0.1) is 0 Å². The Labute approximate surface area is 290 Å². The van der Waals surface area contributed by atoms with Crippen LogP contribution in [-0.2, 0) is 19.7 Å². The van der Waals surface area contributed by atoms with Crippen molar-refractivity contribution in [1.29, 1.82) is 0 Å². The topological polar surface area (TPSA) is 161 Å². The Morgan fingerprint density at radius 1 is 0.571 bits per heavy atom. The van der Waals surface area contributed by atoms with Crippen molar-refractivity contribution in [2.24, 2.45) is 0 Å². The minimum Gasteiger partial charge on any atom is -0.457 e. The lowest BCUT2D eigenvalue weighted by Gasteiger charge is -2.08. The summed E-state index contributed by atoms with van der Waals surface area (Å²) in [6.45, 7) is 0. The van der Waals surface area contributed by atoms with Gasteiger partial charge in [0.25, 0.3) is 11.8 Å². The quantitative estimate of drug-likeness (QED) is 0.151. The second kappa shape index (κ2) is 13.7. The molecule has 0 unspecified atom stereocenters. The lowest BCUT2D eigenvalue weighted by atomic mass is 10.1. The van der Waals surface area contributed by atoms with Crippen molar-refractivity contribution in [2.45, 2.75) is 9.79 Å². The van der Waals surface area contributed by atoms with Crippen molar-refractivity contribution in [2.75, 3.05) is 23.1 Å². The van der Waals surface area contributed by atoms with E-state index in [2.05, 4.69) is 20.6 Å². The number of nitrogens with one attached hydrogen (secondary N) is 2. The Hall–Kier alpha value is -5.22. The molecule has 0 saturated heterocycles. The molecular weight excluding hydrogens is 705 g/mol. The average molecular weight is 731 g/mol. The number of carbonyl (C=O) groups is 2. The summed E-state index contributed by atoms with van der Waals surface area (Å²) in [4.78, 5) is 34.5. The van der Waals surface area contributed by atoms with E-state index in [1.165, 1.54) is 46.9 Å². The number of thiazole rings is 2. The van der Waals surface area contributed by atoms with Gasteiger partial charge in [-0.2, -0.15) is 0 Å². The predicted octanol–water partition coefficient (Wildman–Crippen LogP) is 7.04. The third-order valence-electron chi connectivity index (χ3n) is 7.05. The van der Waals surface area contributed by atoms with Gasteiger partial charge in [-0.1, -0.05) is 24.3 Å². The maximum absolute atomic E-state index is 12.8. The van der Waals surface area contributed by atoms with Gasteiger partial charge in [0.15, 0.2) is 29.9 Å². The van der Waals surface area contributed by atoms with Crippen molar-refractivity contribution >= 4 is 64.4 Å². The van der Waals surface area contributed by atoms with Crippen LogP contribution in [0.3, 0.4) is 0 Å². The van der Waals surface area contributed by atoms with Crippen LogP contribution in [0.4, 0.5) is 10.3 Å². The Bertz CT molecular complexity index is 2230. The van der Waals surface area contributed by atoms with Crippen LogP contribution in [0.2, 0.25) is 0 Å². The molecule has 6 aromatic rings. The molecule has 0 saturated carbocycles. The van der Waals surface area contributed by atoms with Crippen LogP contribution >= 0.6 is 22.7 Å². The maximum atomic E-state index is 12.8. The van der Waals surface area contributed by atoms with Gasteiger partial charge >= 0.3 is 0 Å². The highest BCUT2D eigenvalue weighted by Crippen LogP contribution is 2.31. The minimum absolute atomic E-state index is 0.0478. The number of benzene rings is 4. The van der Waals surface area contributed by atoms with Gasteiger partial charge in [0.1, 0.15) is 11.5 Å². The monoisotopic (exact) mass is 730 g/mol. The SMILES string of the molecule is CS(=O)(=O)c1ccccc1C(=O)Nc1nc(-c2ccc(Oc3ccc(-c4csc(NC(=O)c5ccccc5S(C)(=O)=O)n4)cc3)cc2)cs1. The first-order valence-electron chi connectivity index (χ1n) is 14.4. The van der Waals surface area contributed by atoms with E-state index in [1.54, 1.807) is 59.3 Å². The molecule has 0 atom stereocenters. The second-order valence-corrected chi connectivity index (χ2v) is 16.4. The van der Waals surface area contributed by atoms with Crippen LogP contribution in [-0.4, -0.2) is 51.1 Å². The summed E-state index contributed by atoms with van der Waals surface area (Å²) >= 11 is 2.44. The summed E-state index contributed by atoms with van der Waals surface area (Å²) in [7, 11) is -7.17. The number of nitrogens with zero attached hydrogens (tertiary/aromatic N) is 2. The normalized spacial score (nSPS) is 11.6. The number of rotatable bonds is 10. The van der Waals surface area contributed by atoms with Crippen LogP contribution in [0.1, 0.15) is 20.7 Å². The fourth-order valence-corrected chi connectivity index (χ4v) is 7.94. The van der Waals surface area contributed by atoms with Gasteiger partial charge < -0.3 is 4.74 Å². The first kappa shape index (κ1) is 33.7. The number of carbonyl (C=O) groups excluding carboxylic acids is 2. The Morgan fingerprint density at radius 3 is 1.31 bits per heavy atom. The fraction of sp³-hybridized carbons (Fsp3) is 0.0588. The summed E-state index contributed by atoms with van der Waals surface area (Å²) in [6.07, 6.45) is 2.11. The largest absolute Gasteiger partial charge is 0.457 e. The summed E-state index contributed by atoms with van der Waals surface area (Å²) in [6, 6.07) is 26.5. The summed E-state index contributed by atoms with van der Waals surface area (Å²) in [5, 5.41) is 9.60. The van der Waals surface area contributed by atoms with E-state index in [1.807, 2.05) is 24.3 Å². The fourth-order valence-electron chi connectivity index (χ4n) is 4.74. The highest BCUT2D eigenvalue weighted by Gasteiger charge is 2.21. The second-order valence-electron chi connectivity index (χ2n) is 10.7. The molecule has 6 rings (SSSR count). The lowest BCUT2D eigenvalue weighted by Crippen LogP contribution is -2.15. The molecular formula is C34H26N4O7S4. The Morgan fingerprint density at radius 2 is 0.939 bits per heavy atom. The molecule has 0 radical (unpaired) electrons. The molecule has 2 N–H and O–H groups in total. The number of amides is 2. The van der Waals surface area contributed by atoms with E-state index in [9.17, 15) is 26.4 Å². The van der Waals surface area contributed by atoms with Gasteiger partial charge in [-0.05, 0) is 72.8 Å². The third-order valence-corrected chi connectivity index (χ3v) is 10.9. The van der Waals surface area contributed by atoms with Crippen molar-refractivity contribution in [1.82, 2.24) is 9.97 Å². The molecule has 0 bridgehead atoms. The van der Waals surface area contributed by atoms with E-state index in [0.29, 0.717) is 33.1 Å². The molecule has 11 nitrogen and oxygen atoms in total. The number of anilines is 2. The average Bonchev–Trinajstić information content (AvgIpc) is 3.75. The Balaban J connectivity index is 1.07. The first-order chi connectivity index (χ1) is 23.3. The van der Waals surface area contributed by atoms with Gasteiger partial charge in [0, 0.05) is 34.4 Å². The van der Waals surface area contributed by atoms with E-state index in [4.69, 9.17) is 4.74 Å². The Kier molecular flexibility index (Phi) is 9.43. The van der Waals surface area contributed by atoms with Crippen molar-refractivity contribution in [3.05, 3.63) is 119 Å². The smallest absolute Gasteiger partial charge is 0.258 e. The van der Waals surface area contributed by atoms with Crippen LogP contribution in [0.25, 0.3) is 22.5 Å². The van der Waals surface area contributed by atoms with Crippen LogP contribution < -0.4 is 15.4 Å². The minimum atomic E-state index is -3.59. The number of ether oxygens (including phenoxy) is 1. The molecule has 0 aliphatic rings. The zero-order valence-corrected chi connectivity index (χ0v) is 29.0. The van der Waals surface area contributed by atoms with Gasteiger partial charge in [-0.3, -0.25) is 20.2 Å². The predicted molar refractivity (Wildman–Crippen MR) is 190 cm³/mol. The summed E-state index contributed by atoms with van der Waals surface area (Å²) in [5.74, 6) is 0.0508. The highest BCUT2D eigenvalue weighted by atomic mass is 32.2. The molecule has 0 aliphatic heterocycles. The number of aromatic nitrogens is 2. The van der Waals surface area contributed by atoms with Crippen LogP contribution in [0.5, 0.6) is 11.5 Å². The number of hydrogen-bond donors (Lipinski definition) is 2. The van der Waals surface area contributed by atoms with Gasteiger partial charge in [0.05, 0.1) is 32.3 Å². The van der Waals surface area contributed by atoms with Gasteiger partial charge in [-0.15, -0.1) is 22.7 Å². The van der Waals surface area contributed by atoms with E-state index in [-0.39, 0.29) is 20.9 Å². The van der Waals surface area contributed by atoms with Crippen molar-refractivity contribution in [3.63, 3.8) is 0 Å². The van der Waals surface area contributed by atoms with E-state index >= 15 is 0 Å². The van der Waals surface area contributed by atoms with Gasteiger partial charge in [-0.25, -0.2) is 26.8 Å². The zero-order valence-electron chi connectivity index (χ0n) is 25.8. The summed E-state index contributed by atoms with van der Waals surface area (Å²) in [5.41, 5.74) is 2.94. The third kappa shape index (κ3) is 7.92.